The van der Waals surface area contributed by atoms with Crippen molar-refractivity contribution in [3.8, 4) is 0 Å². The minimum atomic E-state index is -3.89. The van der Waals surface area contributed by atoms with Crippen LogP contribution in [-0.4, -0.2) is 24.3 Å². The number of pyridine rings is 1. The van der Waals surface area contributed by atoms with Crippen LogP contribution >= 0.6 is 0 Å². The van der Waals surface area contributed by atoms with Crippen molar-refractivity contribution < 1.29 is 17.2 Å². The molecular weight excluding hydrogens is 322 g/mol. The summed E-state index contributed by atoms with van der Waals surface area (Å²) in [6.07, 6.45) is 3.17. The highest BCUT2D eigenvalue weighted by molar-refractivity contribution is 7.88. The molecule has 1 heterocycles. The van der Waals surface area contributed by atoms with E-state index in [9.17, 15) is 17.2 Å². The zero-order valence-corrected chi connectivity index (χ0v) is 13.7. The van der Waals surface area contributed by atoms with Gasteiger partial charge in [-0.15, -0.1) is 0 Å². The third kappa shape index (κ3) is 3.92. The fourth-order valence-corrected chi connectivity index (χ4v) is 4.24. The van der Waals surface area contributed by atoms with Gasteiger partial charge in [0, 0.05) is 30.5 Å². The van der Waals surface area contributed by atoms with E-state index < -0.39 is 39.0 Å². The molecular formula is C16H18F2N2O2S. The molecule has 0 amide bonds. The van der Waals surface area contributed by atoms with Gasteiger partial charge in [-0.2, -0.15) is 4.31 Å². The lowest BCUT2D eigenvalue weighted by Gasteiger charge is -2.27. The van der Waals surface area contributed by atoms with Crippen molar-refractivity contribution >= 4 is 10.0 Å². The zero-order chi connectivity index (χ0) is 17.0. The van der Waals surface area contributed by atoms with Crippen molar-refractivity contribution in [2.75, 3.05) is 6.54 Å². The molecule has 2 aromatic rings. The molecule has 0 spiro atoms. The first-order valence-electron chi connectivity index (χ1n) is 7.19. The normalized spacial score (nSPS) is 13.3. The number of benzene rings is 1. The molecule has 0 radical (unpaired) electrons. The maximum absolute atomic E-state index is 13.7. The Morgan fingerprint density at radius 1 is 1.17 bits per heavy atom. The number of sulfonamides is 1. The summed E-state index contributed by atoms with van der Waals surface area (Å²) < 4.78 is 53.9. The second-order valence-corrected chi connectivity index (χ2v) is 7.04. The number of aromatic nitrogens is 1. The molecule has 0 bridgehead atoms. The molecule has 2 rings (SSSR count). The van der Waals surface area contributed by atoms with Crippen molar-refractivity contribution in [1.29, 1.82) is 0 Å². The van der Waals surface area contributed by atoms with E-state index in [1.807, 2.05) is 0 Å². The summed E-state index contributed by atoms with van der Waals surface area (Å²) >= 11 is 0. The summed E-state index contributed by atoms with van der Waals surface area (Å²) in [5.41, 5.74) is 0.274. The van der Waals surface area contributed by atoms with Gasteiger partial charge in [-0.1, -0.05) is 19.1 Å². The van der Waals surface area contributed by atoms with Gasteiger partial charge < -0.3 is 0 Å². The monoisotopic (exact) mass is 340 g/mol. The van der Waals surface area contributed by atoms with Crippen LogP contribution in [0, 0.1) is 11.6 Å². The zero-order valence-electron chi connectivity index (χ0n) is 12.9. The Bertz CT molecular complexity index is 747. The van der Waals surface area contributed by atoms with E-state index in [2.05, 4.69) is 4.98 Å². The van der Waals surface area contributed by atoms with Crippen molar-refractivity contribution in [1.82, 2.24) is 9.29 Å². The van der Waals surface area contributed by atoms with Crippen molar-refractivity contribution in [2.45, 2.75) is 25.6 Å². The minimum Gasteiger partial charge on any atom is -0.264 e. The average Bonchev–Trinajstić information content (AvgIpc) is 2.52. The third-order valence-electron chi connectivity index (χ3n) is 3.66. The lowest BCUT2D eigenvalue weighted by molar-refractivity contribution is 0.355. The summed E-state index contributed by atoms with van der Waals surface area (Å²) in [5.74, 6) is -2.44. The van der Waals surface area contributed by atoms with Crippen LogP contribution in [0.1, 0.15) is 31.0 Å². The van der Waals surface area contributed by atoms with Crippen LogP contribution in [0.15, 0.2) is 42.7 Å². The largest absolute Gasteiger partial charge is 0.264 e. The fraction of sp³-hybridized carbons (Fsp3) is 0.312. The third-order valence-corrected chi connectivity index (χ3v) is 5.60. The molecule has 0 aliphatic heterocycles. The van der Waals surface area contributed by atoms with E-state index in [4.69, 9.17) is 0 Å². The maximum atomic E-state index is 13.7. The van der Waals surface area contributed by atoms with Gasteiger partial charge in [0.2, 0.25) is 10.0 Å². The topological polar surface area (TPSA) is 50.3 Å². The number of hydrogen-bond donors (Lipinski definition) is 0. The average molecular weight is 340 g/mol. The summed E-state index contributed by atoms with van der Waals surface area (Å²) in [6, 6.07) is 6.30. The molecule has 4 nitrogen and oxygen atoms in total. The Morgan fingerprint density at radius 3 is 2.35 bits per heavy atom. The molecule has 0 aliphatic rings. The number of nitrogens with zero attached hydrogens (tertiary/aromatic N) is 2. The van der Waals surface area contributed by atoms with Crippen LogP contribution in [0.5, 0.6) is 0 Å². The molecule has 0 N–H and O–H groups in total. The van der Waals surface area contributed by atoms with Gasteiger partial charge >= 0.3 is 0 Å². The van der Waals surface area contributed by atoms with Crippen LogP contribution in [0.3, 0.4) is 0 Å². The smallest absolute Gasteiger partial charge is 0.219 e. The Labute approximate surface area is 134 Å². The van der Waals surface area contributed by atoms with E-state index in [1.165, 1.54) is 10.4 Å². The lowest BCUT2D eigenvalue weighted by Crippen LogP contribution is -2.34. The molecule has 23 heavy (non-hydrogen) atoms. The fourth-order valence-electron chi connectivity index (χ4n) is 2.44. The van der Waals surface area contributed by atoms with E-state index in [-0.39, 0.29) is 6.54 Å². The molecule has 0 aliphatic carbocycles. The van der Waals surface area contributed by atoms with Crippen molar-refractivity contribution in [3.05, 3.63) is 65.5 Å². The summed E-state index contributed by atoms with van der Waals surface area (Å²) in [5, 5.41) is 0. The van der Waals surface area contributed by atoms with Crippen LogP contribution in [0.4, 0.5) is 8.78 Å². The lowest BCUT2D eigenvalue weighted by atomic mass is 10.1. The molecule has 1 aromatic carbocycles. The number of halogens is 2. The Kier molecular flexibility index (Phi) is 5.43. The Hall–Kier alpha value is -1.86. The second kappa shape index (κ2) is 7.14. The van der Waals surface area contributed by atoms with E-state index >= 15 is 0 Å². The molecule has 0 saturated heterocycles. The van der Waals surface area contributed by atoms with E-state index in [1.54, 1.807) is 38.4 Å². The maximum Gasteiger partial charge on any atom is 0.219 e. The first-order valence-corrected chi connectivity index (χ1v) is 8.80. The molecule has 1 atom stereocenters. The van der Waals surface area contributed by atoms with Crippen molar-refractivity contribution in [2.24, 2.45) is 0 Å². The van der Waals surface area contributed by atoms with Crippen LogP contribution in [-0.2, 0) is 15.8 Å². The quantitative estimate of drug-likeness (QED) is 0.811. The van der Waals surface area contributed by atoms with E-state index in [0.717, 1.165) is 12.1 Å². The highest BCUT2D eigenvalue weighted by Gasteiger charge is 2.29. The molecule has 124 valence electrons. The summed E-state index contributed by atoms with van der Waals surface area (Å²) in [4.78, 5) is 3.98. The highest BCUT2D eigenvalue weighted by atomic mass is 32.2. The van der Waals surface area contributed by atoms with Gasteiger partial charge in [-0.3, -0.25) is 4.98 Å². The molecule has 1 unspecified atom stereocenters. The summed E-state index contributed by atoms with van der Waals surface area (Å²) in [6.45, 7) is 3.59. The predicted molar refractivity (Wildman–Crippen MR) is 84.0 cm³/mol. The number of hydrogen-bond acceptors (Lipinski definition) is 3. The summed E-state index contributed by atoms with van der Waals surface area (Å²) in [7, 11) is -3.89. The molecule has 0 fully saturated rings. The van der Waals surface area contributed by atoms with Crippen molar-refractivity contribution in [3.63, 3.8) is 0 Å². The SMILES string of the molecule is CCN(C(C)c1cccnc1)S(=O)(=O)Cc1c(F)cccc1F. The van der Waals surface area contributed by atoms with Gasteiger partial charge in [0.1, 0.15) is 11.6 Å². The van der Waals surface area contributed by atoms with Crippen LogP contribution in [0.25, 0.3) is 0 Å². The van der Waals surface area contributed by atoms with Gasteiger partial charge in [0.25, 0.3) is 0 Å². The molecule has 0 saturated carbocycles. The number of rotatable bonds is 6. The van der Waals surface area contributed by atoms with Gasteiger partial charge in [0.15, 0.2) is 0 Å². The first-order chi connectivity index (χ1) is 10.9. The Morgan fingerprint density at radius 2 is 1.83 bits per heavy atom. The van der Waals surface area contributed by atoms with Crippen LogP contribution < -0.4 is 0 Å². The molecule has 1 aromatic heterocycles. The standard InChI is InChI=1S/C16H18F2N2O2S/c1-3-20(12(2)13-6-5-9-19-10-13)23(21,22)11-14-15(17)7-4-8-16(14)18/h4-10,12H,3,11H2,1-2H3. The van der Waals surface area contributed by atoms with Crippen LogP contribution in [0.2, 0.25) is 0 Å². The second-order valence-electron chi connectivity index (χ2n) is 5.12. The Balaban J connectivity index is 2.33. The highest BCUT2D eigenvalue weighted by Crippen LogP contribution is 2.25. The van der Waals surface area contributed by atoms with Gasteiger partial charge in [-0.25, -0.2) is 17.2 Å². The van der Waals surface area contributed by atoms with Gasteiger partial charge in [-0.05, 0) is 30.7 Å². The predicted octanol–water partition coefficient (Wildman–Crippen LogP) is 3.27. The van der Waals surface area contributed by atoms with Gasteiger partial charge in [0.05, 0.1) is 5.75 Å². The first kappa shape index (κ1) is 17.5. The minimum absolute atomic E-state index is 0.189. The molecule has 7 heteroatoms. The van der Waals surface area contributed by atoms with E-state index in [0.29, 0.717) is 5.56 Å².